The number of ether oxygens (including phenoxy) is 2. The van der Waals surface area contributed by atoms with Gasteiger partial charge < -0.3 is 20.1 Å². The highest BCUT2D eigenvalue weighted by Gasteiger charge is 2.24. The fourth-order valence-electron chi connectivity index (χ4n) is 2.18. The van der Waals surface area contributed by atoms with Gasteiger partial charge in [-0.15, -0.1) is 0 Å². The molecule has 1 amide bonds. The van der Waals surface area contributed by atoms with Crippen molar-refractivity contribution in [3.63, 3.8) is 0 Å². The Hall–Kier alpha value is -0.810. The smallest absolute Gasteiger partial charge is 0.408 e. The molecule has 118 valence electrons. The summed E-state index contributed by atoms with van der Waals surface area (Å²) in [5.41, 5.74) is -0.801. The molecule has 0 saturated carbocycles. The van der Waals surface area contributed by atoms with E-state index in [-0.39, 0.29) is 11.6 Å². The first-order valence-corrected chi connectivity index (χ1v) is 7.48. The lowest BCUT2D eigenvalue weighted by molar-refractivity contribution is 0.0456. The van der Waals surface area contributed by atoms with Crippen molar-refractivity contribution in [2.45, 2.75) is 58.6 Å². The second-order valence-electron chi connectivity index (χ2n) is 7.22. The third-order valence-corrected chi connectivity index (χ3v) is 3.09. The number of rotatable bonds is 5. The quantitative estimate of drug-likeness (QED) is 0.814. The van der Waals surface area contributed by atoms with Crippen molar-refractivity contribution in [1.82, 2.24) is 10.6 Å². The van der Waals surface area contributed by atoms with E-state index in [1.807, 2.05) is 34.6 Å². The molecule has 1 heterocycles. The number of hydrogen-bond donors (Lipinski definition) is 2. The molecule has 0 aliphatic carbocycles. The Balaban J connectivity index is 2.24. The zero-order valence-corrected chi connectivity index (χ0v) is 13.5. The van der Waals surface area contributed by atoms with Crippen LogP contribution in [0.15, 0.2) is 0 Å². The van der Waals surface area contributed by atoms with Crippen molar-refractivity contribution >= 4 is 6.09 Å². The summed E-state index contributed by atoms with van der Waals surface area (Å²) in [7, 11) is 0. The van der Waals surface area contributed by atoms with Crippen LogP contribution in [0, 0.1) is 5.92 Å². The van der Waals surface area contributed by atoms with Crippen molar-refractivity contribution in [1.29, 1.82) is 0 Å². The van der Waals surface area contributed by atoms with Crippen molar-refractivity contribution in [3.05, 3.63) is 0 Å². The molecule has 20 heavy (non-hydrogen) atoms. The minimum atomic E-state index is -0.465. The SMILES string of the molecule is CC(C)(CNCC1CCCOC1)NC(=O)OC(C)(C)C. The van der Waals surface area contributed by atoms with Crippen LogP contribution < -0.4 is 10.6 Å². The first-order valence-electron chi connectivity index (χ1n) is 7.48. The Morgan fingerprint density at radius 1 is 1.30 bits per heavy atom. The largest absolute Gasteiger partial charge is 0.444 e. The maximum absolute atomic E-state index is 11.8. The molecule has 0 bridgehead atoms. The molecule has 2 N–H and O–H groups in total. The van der Waals surface area contributed by atoms with Crippen LogP contribution in [0.3, 0.4) is 0 Å². The van der Waals surface area contributed by atoms with Gasteiger partial charge in [-0.3, -0.25) is 0 Å². The summed E-state index contributed by atoms with van der Waals surface area (Å²) >= 11 is 0. The predicted molar refractivity (Wildman–Crippen MR) is 79.9 cm³/mol. The number of carbonyl (C=O) groups excluding carboxylic acids is 1. The average molecular weight is 286 g/mol. The second kappa shape index (κ2) is 7.27. The molecule has 1 atom stereocenters. The number of carbonyl (C=O) groups is 1. The standard InChI is InChI=1S/C15H30N2O3/c1-14(2,3)20-13(18)17-15(4,5)11-16-9-12-7-6-8-19-10-12/h12,16H,6-11H2,1-5H3,(H,17,18). The van der Waals surface area contributed by atoms with E-state index >= 15 is 0 Å². The molecule has 5 heteroatoms. The van der Waals surface area contributed by atoms with Crippen LogP contribution in [0.5, 0.6) is 0 Å². The fraction of sp³-hybridized carbons (Fsp3) is 0.933. The number of alkyl carbamates (subject to hydrolysis) is 1. The number of hydrogen-bond acceptors (Lipinski definition) is 4. The summed E-state index contributed by atoms with van der Waals surface area (Å²) in [5, 5.41) is 6.31. The van der Waals surface area contributed by atoms with E-state index in [9.17, 15) is 4.79 Å². The molecule has 1 fully saturated rings. The highest BCUT2D eigenvalue weighted by atomic mass is 16.6. The van der Waals surface area contributed by atoms with Gasteiger partial charge in [0.1, 0.15) is 5.60 Å². The maximum Gasteiger partial charge on any atom is 0.408 e. The van der Waals surface area contributed by atoms with Crippen molar-refractivity contribution in [2.75, 3.05) is 26.3 Å². The van der Waals surface area contributed by atoms with Crippen LogP contribution in [0.2, 0.25) is 0 Å². The average Bonchev–Trinajstić information content (AvgIpc) is 2.26. The first-order chi connectivity index (χ1) is 9.18. The molecule has 1 saturated heterocycles. The van der Waals surface area contributed by atoms with E-state index < -0.39 is 5.60 Å². The molecule has 0 aromatic rings. The molecule has 0 spiro atoms. The molecule has 5 nitrogen and oxygen atoms in total. The fourth-order valence-corrected chi connectivity index (χ4v) is 2.18. The molecule has 0 aromatic heterocycles. The topological polar surface area (TPSA) is 59.6 Å². The van der Waals surface area contributed by atoms with Gasteiger partial charge in [0.05, 0.1) is 12.1 Å². The monoisotopic (exact) mass is 286 g/mol. The lowest BCUT2D eigenvalue weighted by Crippen LogP contribution is -2.52. The molecule has 0 radical (unpaired) electrons. The molecule has 1 rings (SSSR count). The predicted octanol–water partition coefficient (Wildman–Crippen LogP) is 2.31. The van der Waals surface area contributed by atoms with Crippen LogP contribution in [0.1, 0.15) is 47.5 Å². The van der Waals surface area contributed by atoms with Gasteiger partial charge >= 0.3 is 6.09 Å². The molecule has 1 unspecified atom stereocenters. The summed E-state index contributed by atoms with van der Waals surface area (Å²) in [6.07, 6.45) is 1.99. The Morgan fingerprint density at radius 2 is 2.00 bits per heavy atom. The van der Waals surface area contributed by atoms with Crippen LogP contribution >= 0.6 is 0 Å². The molecule has 1 aliphatic rings. The van der Waals surface area contributed by atoms with E-state index in [2.05, 4.69) is 10.6 Å². The minimum absolute atomic E-state index is 0.335. The number of nitrogens with one attached hydrogen (secondary N) is 2. The normalized spacial score (nSPS) is 20.6. The third-order valence-electron chi connectivity index (χ3n) is 3.09. The van der Waals surface area contributed by atoms with Gasteiger partial charge in [0.15, 0.2) is 0 Å². The summed E-state index contributed by atoms with van der Waals surface area (Å²) in [6, 6.07) is 0. The van der Waals surface area contributed by atoms with Gasteiger partial charge in [-0.05, 0) is 53.4 Å². The van der Waals surface area contributed by atoms with Crippen molar-refractivity contribution < 1.29 is 14.3 Å². The molecular formula is C15H30N2O3. The van der Waals surface area contributed by atoms with E-state index in [0.717, 1.165) is 26.2 Å². The van der Waals surface area contributed by atoms with Gasteiger partial charge in [0, 0.05) is 19.7 Å². The summed E-state index contributed by atoms with van der Waals surface area (Å²) in [5.74, 6) is 0.584. The van der Waals surface area contributed by atoms with Crippen LogP contribution in [-0.4, -0.2) is 43.5 Å². The molecule has 1 aliphatic heterocycles. The van der Waals surface area contributed by atoms with Crippen LogP contribution in [0.25, 0.3) is 0 Å². The zero-order valence-electron chi connectivity index (χ0n) is 13.5. The van der Waals surface area contributed by atoms with Crippen LogP contribution in [0.4, 0.5) is 4.79 Å². The maximum atomic E-state index is 11.8. The highest BCUT2D eigenvalue weighted by Crippen LogP contribution is 2.13. The van der Waals surface area contributed by atoms with E-state index in [4.69, 9.17) is 9.47 Å². The van der Waals surface area contributed by atoms with Gasteiger partial charge in [-0.1, -0.05) is 0 Å². The summed E-state index contributed by atoms with van der Waals surface area (Å²) < 4.78 is 10.7. The Bertz CT molecular complexity index is 305. The number of amides is 1. The van der Waals surface area contributed by atoms with Gasteiger partial charge in [0.2, 0.25) is 0 Å². The Labute approximate surface area is 122 Å². The second-order valence-corrected chi connectivity index (χ2v) is 7.22. The molecular weight excluding hydrogens is 256 g/mol. The van der Waals surface area contributed by atoms with E-state index in [1.165, 1.54) is 6.42 Å². The van der Waals surface area contributed by atoms with Crippen molar-refractivity contribution in [3.8, 4) is 0 Å². The van der Waals surface area contributed by atoms with E-state index in [0.29, 0.717) is 12.5 Å². The Morgan fingerprint density at radius 3 is 2.55 bits per heavy atom. The van der Waals surface area contributed by atoms with Gasteiger partial charge in [-0.2, -0.15) is 0 Å². The van der Waals surface area contributed by atoms with Crippen molar-refractivity contribution in [2.24, 2.45) is 5.92 Å². The van der Waals surface area contributed by atoms with E-state index in [1.54, 1.807) is 0 Å². The van der Waals surface area contributed by atoms with Crippen LogP contribution in [-0.2, 0) is 9.47 Å². The summed E-state index contributed by atoms with van der Waals surface area (Å²) in [6.45, 7) is 12.9. The first kappa shape index (κ1) is 17.2. The third kappa shape index (κ3) is 7.70. The highest BCUT2D eigenvalue weighted by molar-refractivity contribution is 5.68. The minimum Gasteiger partial charge on any atom is -0.444 e. The lowest BCUT2D eigenvalue weighted by Gasteiger charge is -2.30. The lowest BCUT2D eigenvalue weighted by atomic mass is 10.0. The Kier molecular flexibility index (Phi) is 6.27. The molecule has 0 aromatic carbocycles. The summed E-state index contributed by atoms with van der Waals surface area (Å²) in [4.78, 5) is 11.8. The zero-order chi connectivity index (χ0) is 15.2. The van der Waals surface area contributed by atoms with Gasteiger partial charge in [-0.25, -0.2) is 4.79 Å². The van der Waals surface area contributed by atoms with Gasteiger partial charge in [0.25, 0.3) is 0 Å².